The molecule has 0 saturated heterocycles. The first-order valence-electron chi connectivity index (χ1n) is 6.02. The van der Waals surface area contributed by atoms with Gasteiger partial charge >= 0.3 is 12.1 Å². The number of hydrogen-bond acceptors (Lipinski definition) is 4. The molecule has 0 aliphatic heterocycles. The topological polar surface area (TPSA) is 105 Å². The van der Waals surface area contributed by atoms with E-state index in [1.54, 1.807) is 0 Å². The van der Waals surface area contributed by atoms with E-state index >= 15 is 0 Å². The first-order valence-corrected chi connectivity index (χ1v) is 6.02. The van der Waals surface area contributed by atoms with Crippen molar-refractivity contribution in [1.82, 2.24) is 5.32 Å². The lowest BCUT2D eigenvalue weighted by atomic mass is 10.1. The van der Waals surface area contributed by atoms with Crippen LogP contribution < -0.4 is 10.6 Å². The fourth-order valence-corrected chi connectivity index (χ4v) is 1.48. The average molecular weight is 298 g/mol. The van der Waals surface area contributed by atoms with Crippen LogP contribution in [0.3, 0.4) is 0 Å². The summed E-state index contributed by atoms with van der Waals surface area (Å²) in [5.74, 6) is -1.94. The summed E-state index contributed by atoms with van der Waals surface area (Å²) in [6, 6.07) is 4.42. The number of anilines is 1. The molecule has 0 fully saturated rings. The minimum Gasteiger partial charge on any atom is -0.480 e. The van der Waals surface area contributed by atoms with Crippen LogP contribution in [0, 0.1) is 0 Å². The second-order valence-corrected chi connectivity index (χ2v) is 4.04. The Morgan fingerprint density at radius 3 is 2.38 bits per heavy atom. The van der Waals surface area contributed by atoms with Crippen molar-refractivity contribution in [3.8, 4) is 0 Å². The van der Waals surface area contributed by atoms with Crippen LogP contribution in [0.25, 0.3) is 0 Å². The quantitative estimate of drug-likeness (QED) is 0.736. The highest BCUT2D eigenvalue weighted by molar-refractivity contribution is 5.97. The Labute approximate surface area is 120 Å². The number of amides is 2. The van der Waals surface area contributed by atoms with Crippen molar-refractivity contribution < 1.29 is 28.6 Å². The molecule has 0 bridgehead atoms. The van der Waals surface area contributed by atoms with Gasteiger partial charge in [0.1, 0.15) is 6.04 Å². The molecule has 0 unspecified atom stereocenters. The van der Waals surface area contributed by atoms with Gasteiger partial charge in [-0.25, -0.2) is 9.59 Å². The van der Waals surface area contributed by atoms with Gasteiger partial charge in [-0.3, -0.25) is 14.5 Å². The van der Waals surface area contributed by atoms with Crippen molar-refractivity contribution in [3.63, 3.8) is 0 Å². The van der Waals surface area contributed by atoms with Gasteiger partial charge in [0.15, 0.2) is 0 Å². The number of rotatable bonds is 6. The number of ether oxygens (including phenoxy) is 1. The van der Waals surface area contributed by atoms with E-state index in [4.69, 9.17) is 5.11 Å². The zero-order valence-corrected chi connectivity index (χ0v) is 11.3. The van der Waals surface area contributed by atoms with Crippen molar-refractivity contribution in [2.24, 2.45) is 0 Å². The Morgan fingerprint density at radius 1 is 1.29 bits per heavy atom. The van der Waals surface area contributed by atoms with Crippen LogP contribution in [0.4, 0.5) is 14.9 Å². The Hall–Kier alpha value is -2.64. The molecule has 1 rings (SSSR count). The molecule has 3 N–H and O–H groups in total. The Balaban J connectivity index is 2.70. The number of hydrogen-bond donors (Lipinski definition) is 3. The summed E-state index contributed by atoms with van der Waals surface area (Å²) in [5, 5.41) is 13.4. The first kappa shape index (κ1) is 16.4. The second kappa shape index (κ2) is 7.83. The summed E-state index contributed by atoms with van der Waals surface area (Å²) in [4.78, 5) is 33.6. The molecule has 0 aromatic heterocycles. The minimum atomic E-state index is -1.30. The van der Waals surface area contributed by atoms with Crippen LogP contribution in [0.2, 0.25) is 0 Å². The molecule has 21 heavy (non-hydrogen) atoms. The number of aliphatic carboxylic acids is 1. The molecule has 114 valence electrons. The number of alkyl halides is 1. The van der Waals surface area contributed by atoms with Crippen LogP contribution in [0.5, 0.6) is 0 Å². The Bertz CT molecular complexity index is 518. The van der Waals surface area contributed by atoms with E-state index in [-0.39, 0.29) is 12.0 Å². The third-order valence-corrected chi connectivity index (χ3v) is 2.58. The van der Waals surface area contributed by atoms with E-state index in [9.17, 15) is 18.8 Å². The van der Waals surface area contributed by atoms with Gasteiger partial charge in [0.25, 0.3) is 5.91 Å². The normalized spacial score (nSPS) is 11.3. The van der Waals surface area contributed by atoms with Gasteiger partial charge < -0.3 is 15.2 Å². The van der Waals surface area contributed by atoms with Gasteiger partial charge in [-0.1, -0.05) is 0 Å². The molecule has 8 heteroatoms. The summed E-state index contributed by atoms with van der Waals surface area (Å²) in [6.45, 7) is -0.848. The van der Waals surface area contributed by atoms with E-state index < -0.39 is 30.7 Å². The van der Waals surface area contributed by atoms with Crippen LogP contribution in [0.1, 0.15) is 16.8 Å². The predicted molar refractivity (Wildman–Crippen MR) is 72.0 cm³/mol. The van der Waals surface area contributed by atoms with Crippen molar-refractivity contribution in [3.05, 3.63) is 29.8 Å². The smallest absolute Gasteiger partial charge is 0.411 e. The van der Waals surface area contributed by atoms with E-state index in [2.05, 4.69) is 15.4 Å². The summed E-state index contributed by atoms with van der Waals surface area (Å²) in [5.41, 5.74) is 0.604. The van der Waals surface area contributed by atoms with E-state index in [0.29, 0.717) is 5.69 Å². The van der Waals surface area contributed by atoms with Crippen LogP contribution in [-0.4, -0.2) is 42.9 Å². The van der Waals surface area contributed by atoms with Gasteiger partial charge in [-0.05, 0) is 24.3 Å². The number of halogens is 1. The summed E-state index contributed by atoms with van der Waals surface area (Å²) in [6.07, 6.45) is -0.954. The number of carbonyl (C=O) groups excluding carboxylic acids is 2. The second-order valence-electron chi connectivity index (χ2n) is 4.04. The molecule has 7 nitrogen and oxygen atoms in total. The molecule has 2 amide bonds. The molecular weight excluding hydrogens is 283 g/mol. The summed E-state index contributed by atoms with van der Waals surface area (Å²) >= 11 is 0. The van der Waals surface area contributed by atoms with Crippen molar-refractivity contribution >= 4 is 23.7 Å². The summed E-state index contributed by atoms with van der Waals surface area (Å²) < 4.78 is 16.6. The lowest BCUT2D eigenvalue weighted by Crippen LogP contribution is -2.41. The molecule has 1 aromatic rings. The number of methoxy groups -OCH3 is 1. The third kappa shape index (κ3) is 5.09. The molecule has 0 spiro atoms. The molecule has 0 radical (unpaired) electrons. The molecule has 0 heterocycles. The SMILES string of the molecule is COC(=O)Nc1ccc(C(=O)N[C@@H](CCF)C(=O)O)cc1. The molecular formula is C13H15FN2O5. The molecule has 1 atom stereocenters. The van der Waals surface area contributed by atoms with Gasteiger partial charge in [-0.2, -0.15) is 0 Å². The van der Waals surface area contributed by atoms with E-state index in [1.165, 1.54) is 31.4 Å². The van der Waals surface area contributed by atoms with Crippen LogP contribution in [0.15, 0.2) is 24.3 Å². The lowest BCUT2D eigenvalue weighted by molar-refractivity contribution is -0.139. The maximum absolute atomic E-state index is 12.2. The Morgan fingerprint density at radius 2 is 1.90 bits per heavy atom. The van der Waals surface area contributed by atoms with Crippen LogP contribution in [-0.2, 0) is 9.53 Å². The zero-order chi connectivity index (χ0) is 15.8. The van der Waals surface area contributed by atoms with Crippen LogP contribution >= 0.6 is 0 Å². The minimum absolute atomic E-state index is 0.190. The highest BCUT2D eigenvalue weighted by atomic mass is 19.1. The van der Waals surface area contributed by atoms with Gasteiger partial charge in [0.2, 0.25) is 0 Å². The standard InChI is InChI=1S/C13H15FN2O5/c1-21-13(20)15-9-4-2-8(3-5-9)11(17)16-10(6-7-14)12(18)19/h2-5,10H,6-7H2,1H3,(H,15,20)(H,16,17)(H,18,19)/t10-/m0/s1. The predicted octanol–water partition coefficient (Wildman–Crippen LogP) is 1.41. The average Bonchev–Trinajstić information content (AvgIpc) is 2.47. The largest absolute Gasteiger partial charge is 0.480 e. The monoisotopic (exact) mass is 298 g/mol. The number of nitrogens with one attached hydrogen (secondary N) is 2. The molecule has 0 aliphatic carbocycles. The maximum atomic E-state index is 12.2. The third-order valence-electron chi connectivity index (χ3n) is 2.58. The maximum Gasteiger partial charge on any atom is 0.411 e. The van der Waals surface area contributed by atoms with Crippen molar-refractivity contribution in [2.45, 2.75) is 12.5 Å². The van der Waals surface area contributed by atoms with Gasteiger partial charge in [-0.15, -0.1) is 0 Å². The van der Waals surface area contributed by atoms with Gasteiger partial charge in [0.05, 0.1) is 13.8 Å². The summed E-state index contributed by atoms with van der Waals surface area (Å²) in [7, 11) is 1.22. The highest BCUT2D eigenvalue weighted by Crippen LogP contribution is 2.10. The Kier molecular flexibility index (Phi) is 6.12. The van der Waals surface area contributed by atoms with Crippen molar-refractivity contribution in [1.29, 1.82) is 0 Å². The van der Waals surface area contributed by atoms with E-state index in [0.717, 1.165) is 0 Å². The molecule has 0 aliphatic rings. The number of carbonyl (C=O) groups is 3. The lowest BCUT2D eigenvalue weighted by Gasteiger charge is -2.13. The fourth-order valence-electron chi connectivity index (χ4n) is 1.48. The molecule has 0 saturated carbocycles. The number of carboxylic acids is 1. The number of benzene rings is 1. The van der Waals surface area contributed by atoms with Gasteiger partial charge in [0, 0.05) is 17.7 Å². The zero-order valence-electron chi connectivity index (χ0n) is 11.3. The van der Waals surface area contributed by atoms with Crippen molar-refractivity contribution in [2.75, 3.05) is 19.1 Å². The fraction of sp³-hybridized carbons (Fsp3) is 0.308. The number of carboxylic acid groups (broad SMARTS) is 1. The molecule has 1 aromatic carbocycles. The highest BCUT2D eigenvalue weighted by Gasteiger charge is 2.20. The van der Waals surface area contributed by atoms with E-state index in [1.807, 2.05) is 0 Å². The first-order chi connectivity index (χ1) is 9.97.